The molecule has 3 nitrogen and oxygen atoms in total. The van der Waals surface area contributed by atoms with E-state index in [1.54, 1.807) is 0 Å². The summed E-state index contributed by atoms with van der Waals surface area (Å²) >= 11 is 0. The normalized spacial score (nSPS) is 14.9. The van der Waals surface area contributed by atoms with Crippen LogP contribution in [0.5, 0.6) is 0 Å². The second kappa shape index (κ2) is 7.43. The predicted octanol–water partition coefficient (Wildman–Crippen LogP) is 2.94. The Hall–Kier alpha value is -0.0100. The highest BCUT2D eigenvalue weighted by Gasteiger charge is 2.26. The standard InChI is InChI=1S/C9H16ClF3O3S/c1-2-3-8(7-17(10,14)15)6-16-5-4-9(11,12)13/h8H,2-7H2,1H3. The van der Waals surface area contributed by atoms with Crippen molar-refractivity contribution in [3.63, 3.8) is 0 Å². The summed E-state index contributed by atoms with van der Waals surface area (Å²) in [6, 6.07) is 0. The first-order valence-corrected chi connectivity index (χ1v) is 7.68. The summed E-state index contributed by atoms with van der Waals surface area (Å²) < 4.78 is 61.9. The fourth-order valence-electron chi connectivity index (χ4n) is 1.34. The molecule has 0 aromatic rings. The Bertz CT molecular complexity index is 303. The Morgan fingerprint density at radius 3 is 2.35 bits per heavy atom. The highest BCUT2D eigenvalue weighted by atomic mass is 35.7. The molecule has 0 aliphatic rings. The SMILES string of the molecule is CCCC(COCCC(F)(F)F)CS(=O)(=O)Cl. The molecule has 0 saturated carbocycles. The van der Waals surface area contributed by atoms with E-state index < -0.39 is 28.3 Å². The van der Waals surface area contributed by atoms with Crippen molar-refractivity contribution >= 4 is 19.7 Å². The van der Waals surface area contributed by atoms with Crippen LogP contribution in [0.3, 0.4) is 0 Å². The van der Waals surface area contributed by atoms with Crippen molar-refractivity contribution < 1.29 is 26.3 Å². The monoisotopic (exact) mass is 296 g/mol. The summed E-state index contributed by atoms with van der Waals surface area (Å²) in [4.78, 5) is 0. The van der Waals surface area contributed by atoms with Gasteiger partial charge in [-0.15, -0.1) is 0 Å². The summed E-state index contributed by atoms with van der Waals surface area (Å²) in [6.45, 7) is 1.38. The van der Waals surface area contributed by atoms with Crippen LogP contribution in [0.15, 0.2) is 0 Å². The average Bonchev–Trinajstić information content (AvgIpc) is 2.08. The van der Waals surface area contributed by atoms with E-state index in [0.717, 1.165) is 6.42 Å². The molecular formula is C9H16ClF3O3S. The van der Waals surface area contributed by atoms with Crippen LogP contribution in [-0.2, 0) is 13.8 Å². The molecule has 0 fully saturated rings. The van der Waals surface area contributed by atoms with Gasteiger partial charge >= 0.3 is 6.18 Å². The van der Waals surface area contributed by atoms with Crippen LogP contribution in [0.2, 0.25) is 0 Å². The van der Waals surface area contributed by atoms with Gasteiger partial charge in [-0.05, 0) is 12.3 Å². The first-order chi connectivity index (χ1) is 7.64. The van der Waals surface area contributed by atoms with E-state index in [2.05, 4.69) is 0 Å². The van der Waals surface area contributed by atoms with Gasteiger partial charge < -0.3 is 4.74 Å². The Morgan fingerprint density at radius 1 is 1.35 bits per heavy atom. The number of hydrogen-bond donors (Lipinski definition) is 0. The van der Waals surface area contributed by atoms with Gasteiger partial charge in [0, 0.05) is 10.7 Å². The molecule has 104 valence electrons. The van der Waals surface area contributed by atoms with Gasteiger partial charge in [0.15, 0.2) is 0 Å². The van der Waals surface area contributed by atoms with E-state index in [0.29, 0.717) is 6.42 Å². The number of ether oxygens (including phenoxy) is 1. The minimum Gasteiger partial charge on any atom is -0.381 e. The lowest BCUT2D eigenvalue weighted by Crippen LogP contribution is -2.20. The lowest BCUT2D eigenvalue weighted by atomic mass is 10.1. The number of alkyl halides is 3. The summed E-state index contributed by atoms with van der Waals surface area (Å²) in [5, 5.41) is 0. The molecular weight excluding hydrogens is 281 g/mol. The van der Waals surface area contributed by atoms with Crippen molar-refractivity contribution in [2.45, 2.75) is 32.4 Å². The van der Waals surface area contributed by atoms with Crippen LogP contribution < -0.4 is 0 Å². The van der Waals surface area contributed by atoms with E-state index in [4.69, 9.17) is 15.4 Å². The molecule has 0 bridgehead atoms. The molecule has 0 rings (SSSR count). The van der Waals surface area contributed by atoms with E-state index in [9.17, 15) is 21.6 Å². The summed E-state index contributed by atoms with van der Waals surface area (Å²) in [6.07, 6.45) is -4.00. The lowest BCUT2D eigenvalue weighted by molar-refractivity contribution is -0.146. The van der Waals surface area contributed by atoms with E-state index in [1.165, 1.54) is 0 Å². The van der Waals surface area contributed by atoms with Crippen LogP contribution >= 0.6 is 10.7 Å². The van der Waals surface area contributed by atoms with Crippen molar-refractivity contribution in [3.8, 4) is 0 Å². The van der Waals surface area contributed by atoms with Crippen LogP contribution in [0, 0.1) is 5.92 Å². The zero-order valence-corrected chi connectivity index (χ0v) is 11.0. The molecule has 0 aliphatic carbocycles. The quantitative estimate of drug-likeness (QED) is 0.511. The van der Waals surface area contributed by atoms with Gasteiger partial charge in [0.1, 0.15) is 0 Å². The molecule has 0 aromatic carbocycles. The van der Waals surface area contributed by atoms with Crippen LogP contribution in [0.4, 0.5) is 13.2 Å². The van der Waals surface area contributed by atoms with E-state index in [1.807, 2.05) is 6.92 Å². The first-order valence-electron chi connectivity index (χ1n) is 5.21. The van der Waals surface area contributed by atoms with Gasteiger partial charge in [-0.25, -0.2) is 8.42 Å². The van der Waals surface area contributed by atoms with E-state index >= 15 is 0 Å². The van der Waals surface area contributed by atoms with Crippen molar-refractivity contribution in [2.24, 2.45) is 5.92 Å². The average molecular weight is 297 g/mol. The summed E-state index contributed by atoms with van der Waals surface area (Å²) in [5.74, 6) is -0.621. The smallest absolute Gasteiger partial charge is 0.381 e. The maximum absolute atomic E-state index is 11.8. The second-order valence-electron chi connectivity index (χ2n) is 3.80. The Balaban J connectivity index is 3.94. The van der Waals surface area contributed by atoms with Gasteiger partial charge in [0.05, 0.1) is 25.4 Å². The first kappa shape index (κ1) is 17.0. The van der Waals surface area contributed by atoms with Gasteiger partial charge in [0.25, 0.3) is 0 Å². The third kappa shape index (κ3) is 12.2. The zero-order chi connectivity index (χ0) is 13.5. The molecule has 1 atom stereocenters. The highest BCUT2D eigenvalue weighted by molar-refractivity contribution is 8.13. The highest BCUT2D eigenvalue weighted by Crippen LogP contribution is 2.19. The molecule has 8 heteroatoms. The van der Waals surface area contributed by atoms with Crippen molar-refractivity contribution in [1.29, 1.82) is 0 Å². The molecule has 0 amide bonds. The largest absolute Gasteiger partial charge is 0.391 e. The fraction of sp³-hybridized carbons (Fsp3) is 1.00. The molecule has 0 N–H and O–H groups in total. The van der Waals surface area contributed by atoms with E-state index in [-0.39, 0.29) is 18.3 Å². The third-order valence-corrected chi connectivity index (χ3v) is 3.26. The minimum absolute atomic E-state index is 0.0180. The number of rotatable bonds is 8. The van der Waals surface area contributed by atoms with Crippen molar-refractivity contribution in [3.05, 3.63) is 0 Å². The Kier molecular flexibility index (Phi) is 7.43. The molecule has 0 saturated heterocycles. The maximum Gasteiger partial charge on any atom is 0.391 e. The summed E-state index contributed by atoms with van der Waals surface area (Å²) in [5.41, 5.74) is 0. The second-order valence-corrected chi connectivity index (χ2v) is 6.62. The molecule has 0 heterocycles. The molecule has 0 aromatic heterocycles. The van der Waals surface area contributed by atoms with Gasteiger partial charge in [-0.3, -0.25) is 0 Å². The Labute approximate surface area is 104 Å². The molecule has 17 heavy (non-hydrogen) atoms. The topological polar surface area (TPSA) is 43.4 Å². The third-order valence-electron chi connectivity index (χ3n) is 2.02. The molecule has 0 aliphatic heterocycles. The van der Waals surface area contributed by atoms with Gasteiger partial charge in [0.2, 0.25) is 9.05 Å². The molecule has 1 unspecified atom stereocenters. The molecule has 0 spiro atoms. The fourth-order valence-corrected chi connectivity index (χ4v) is 2.70. The van der Waals surface area contributed by atoms with Gasteiger partial charge in [-0.2, -0.15) is 13.2 Å². The maximum atomic E-state index is 11.8. The van der Waals surface area contributed by atoms with Crippen LogP contribution in [-0.4, -0.2) is 33.6 Å². The zero-order valence-electron chi connectivity index (χ0n) is 9.46. The number of hydrogen-bond acceptors (Lipinski definition) is 3. The van der Waals surface area contributed by atoms with Crippen molar-refractivity contribution in [2.75, 3.05) is 19.0 Å². The van der Waals surface area contributed by atoms with Crippen LogP contribution in [0.25, 0.3) is 0 Å². The summed E-state index contributed by atoms with van der Waals surface area (Å²) in [7, 11) is 1.44. The van der Waals surface area contributed by atoms with Gasteiger partial charge in [-0.1, -0.05) is 13.3 Å². The van der Waals surface area contributed by atoms with Crippen molar-refractivity contribution in [1.82, 2.24) is 0 Å². The lowest BCUT2D eigenvalue weighted by Gasteiger charge is -2.15. The minimum atomic E-state index is -4.25. The predicted molar refractivity (Wildman–Crippen MR) is 59.5 cm³/mol. The Morgan fingerprint density at radius 2 is 1.94 bits per heavy atom. The molecule has 0 radical (unpaired) electrons. The van der Waals surface area contributed by atoms with Crippen LogP contribution in [0.1, 0.15) is 26.2 Å². The number of halogens is 4.